The number of thioether (sulfide) groups is 1. The number of nitrogens with one attached hydrogen (secondary N) is 2. The monoisotopic (exact) mass is 470 g/mol. The van der Waals surface area contributed by atoms with Gasteiger partial charge < -0.3 is 15.4 Å². The molecule has 0 saturated heterocycles. The van der Waals surface area contributed by atoms with Crippen LogP contribution in [0.5, 0.6) is 5.75 Å². The molecular weight excluding hydrogens is 444 g/mol. The van der Waals surface area contributed by atoms with Gasteiger partial charge in [-0.25, -0.2) is 9.67 Å². The minimum absolute atomic E-state index is 0.0913. The first-order valence-electron chi connectivity index (χ1n) is 10.5. The molecule has 1 aliphatic rings. The van der Waals surface area contributed by atoms with Crippen LogP contribution in [-0.2, 0) is 15.1 Å². The molecule has 0 saturated carbocycles. The molecule has 1 aliphatic heterocycles. The largest absolute Gasteiger partial charge is 0.495 e. The molecule has 2 aromatic heterocycles. The number of carbonyl (C=O) groups excluding carboxylic acids is 2. The van der Waals surface area contributed by atoms with Crippen molar-refractivity contribution in [1.29, 1.82) is 0 Å². The normalized spacial score (nSPS) is 15.4. The maximum absolute atomic E-state index is 13.2. The zero-order chi connectivity index (χ0) is 23.9. The summed E-state index contributed by atoms with van der Waals surface area (Å²) < 4.78 is 8.66. The molecule has 1 unspecified atom stereocenters. The highest BCUT2D eigenvalue weighted by molar-refractivity contribution is 7.99. The molecule has 1 aromatic carbocycles. The van der Waals surface area contributed by atoms with Crippen LogP contribution in [0.2, 0.25) is 0 Å². The number of aromatic nitrogens is 4. The Kier molecular flexibility index (Phi) is 5.91. The Morgan fingerprint density at radius 3 is 2.70 bits per heavy atom. The van der Waals surface area contributed by atoms with Crippen LogP contribution in [0.1, 0.15) is 40.2 Å². The first kappa shape index (κ1) is 22.8. The van der Waals surface area contributed by atoms with Crippen molar-refractivity contribution in [3.8, 4) is 5.75 Å². The van der Waals surface area contributed by atoms with Crippen LogP contribution in [-0.4, -0.2) is 44.0 Å². The van der Waals surface area contributed by atoms with E-state index in [0.29, 0.717) is 39.1 Å². The first-order valence-corrected chi connectivity index (χ1v) is 11.5. The van der Waals surface area contributed by atoms with E-state index in [-0.39, 0.29) is 35.4 Å². The molecule has 2 amide bonds. The average molecular weight is 471 g/mol. The minimum Gasteiger partial charge on any atom is -0.495 e. The molecule has 0 bridgehead atoms. The van der Waals surface area contributed by atoms with E-state index in [2.05, 4.69) is 20.7 Å². The average Bonchev–Trinajstić information content (AvgIpc) is 3.32. The fourth-order valence-corrected chi connectivity index (χ4v) is 4.90. The summed E-state index contributed by atoms with van der Waals surface area (Å²) in [4.78, 5) is 42.1. The second-order valence-corrected chi connectivity index (χ2v) is 9.83. The number of methoxy groups -OCH3 is 1. The van der Waals surface area contributed by atoms with E-state index in [1.165, 1.54) is 25.8 Å². The number of hydrogen-bond acceptors (Lipinski definition) is 7. The van der Waals surface area contributed by atoms with E-state index in [1.807, 2.05) is 20.8 Å². The molecule has 3 heterocycles. The highest BCUT2D eigenvalue weighted by Crippen LogP contribution is 2.34. The van der Waals surface area contributed by atoms with Crippen molar-refractivity contribution in [3.05, 3.63) is 34.7 Å². The van der Waals surface area contributed by atoms with Crippen molar-refractivity contribution < 1.29 is 14.3 Å². The Morgan fingerprint density at radius 2 is 2.03 bits per heavy atom. The van der Waals surface area contributed by atoms with Gasteiger partial charge >= 0.3 is 0 Å². The molecular formula is C22H26N6O4S. The summed E-state index contributed by atoms with van der Waals surface area (Å²) >= 11 is 1.45. The van der Waals surface area contributed by atoms with Crippen molar-refractivity contribution >= 4 is 46.0 Å². The Balaban J connectivity index is 1.58. The summed E-state index contributed by atoms with van der Waals surface area (Å²) in [6.45, 7) is 7.41. The van der Waals surface area contributed by atoms with Gasteiger partial charge in [-0.1, -0.05) is 11.8 Å². The molecule has 1 atom stereocenters. The molecule has 0 spiro atoms. The van der Waals surface area contributed by atoms with Crippen molar-refractivity contribution in [2.24, 2.45) is 0 Å². The molecule has 0 aliphatic carbocycles. The first-order chi connectivity index (χ1) is 15.6. The Labute approximate surface area is 194 Å². The zero-order valence-corrected chi connectivity index (χ0v) is 19.9. The Morgan fingerprint density at radius 1 is 1.27 bits per heavy atom. The summed E-state index contributed by atoms with van der Waals surface area (Å²) in [5, 5.41) is 10.9. The van der Waals surface area contributed by atoms with Crippen molar-refractivity contribution in [2.75, 3.05) is 23.5 Å². The number of amides is 2. The van der Waals surface area contributed by atoms with Gasteiger partial charge in [-0.05, 0) is 39.0 Å². The van der Waals surface area contributed by atoms with E-state index in [9.17, 15) is 14.4 Å². The van der Waals surface area contributed by atoms with Gasteiger partial charge in [-0.3, -0.25) is 19.0 Å². The second kappa shape index (κ2) is 8.54. The standard InChI is InChI=1S/C22H26N6O4S/c1-12(29)24-13-6-7-17(32-5)16(8-13)25-18(30)9-14-11-33-21-26-19-15(20(31)27(14)21)10-23-28(19)22(2,3)4/h6-8,10,14H,9,11H2,1-5H3,(H,24,29)(H,25,30). The van der Waals surface area contributed by atoms with E-state index >= 15 is 0 Å². The molecule has 4 rings (SSSR count). The molecule has 11 heteroatoms. The summed E-state index contributed by atoms with van der Waals surface area (Å²) in [5.41, 5.74) is 1.02. The van der Waals surface area contributed by atoms with Crippen molar-refractivity contribution in [1.82, 2.24) is 19.3 Å². The molecule has 33 heavy (non-hydrogen) atoms. The van der Waals surface area contributed by atoms with E-state index in [1.54, 1.807) is 33.6 Å². The van der Waals surface area contributed by atoms with Crippen LogP contribution >= 0.6 is 11.8 Å². The maximum atomic E-state index is 13.2. The van der Waals surface area contributed by atoms with Crippen LogP contribution in [0.25, 0.3) is 11.0 Å². The number of ether oxygens (including phenoxy) is 1. The van der Waals surface area contributed by atoms with Gasteiger partial charge in [0.1, 0.15) is 11.1 Å². The van der Waals surface area contributed by atoms with Gasteiger partial charge in [-0.2, -0.15) is 5.10 Å². The zero-order valence-electron chi connectivity index (χ0n) is 19.1. The highest BCUT2D eigenvalue weighted by atomic mass is 32.2. The maximum Gasteiger partial charge on any atom is 0.265 e. The third-order valence-corrected chi connectivity index (χ3v) is 6.32. The Hall–Kier alpha value is -3.34. The number of hydrogen-bond donors (Lipinski definition) is 2. The lowest BCUT2D eigenvalue weighted by atomic mass is 10.1. The van der Waals surface area contributed by atoms with E-state index in [0.717, 1.165) is 0 Å². The summed E-state index contributed by atoms with van der Waals surface area (Å²) in [7, 11) is 1.50. The van der Waals surface area contributed by atoms with Crippen molar-refractivity contribution in [3.63, 3.8) is 0 Å². The molecule has 0 fully saturated rings. The predicted octanol–water partition coefficient (Wildman–Crippen LogP) is 2.99. The lowest BCUT2D eigenvalue weighted by molar-refractivity contribution is -0.117. The third kappa shape index (κ3) is 4.45. The summed E-state index contributed by atoms with van der Waals surface area (Å²) in [6.07, 6.45) is 1.63. The van der Waals surface area contributed by atoms with Gasteiger partial charge in [0.15, 0.2) is 10.8 Å². The number of anilines is 2. The molecule has 2 N–H and O–H groups in total. The fourth-order valence-electron chi connectivity index (χ4n) is 3.77. The lowest BCUT2D eigenvalue weighted by Crippen LogP contribution is -2.29. The van der Waals surface area contributed by atoms with Gasteiger partial charge in [0, 0.05) is 24.8 Å². The molecule has 10 nitrogen and oxygen atoms in total. The highest BCUT2D eigenvalue weighted by Gasteiger charge is 2.30. The fraction of sp³-hybridized carbons (Fsp3) is 0.409. The second-order valence-electron chi connectivity index (χ2n) is 8.85. The summed E-state index contributed by atoms with van der Waals surface area (Å²) in [6, 6.07) is 4.65. The molecule has 3 aromatic rings. The Bertz CT molecular complexity index is 1310. The SMILES string of the molecule is COc1ccc(NC(C)=O)cc1NC(=O)CC1CSc2nc3c(cnn3C(C)(C)C)c(=O)n21. The topological polar surface area (TPSA) is 120 Å². The summed E-state index contributed by atoms with van der Waals surface area (Å²) in [5.74, 6) is 0.539. The van der Waals surface area contributed by atoms with Crippen molar-refractivity contribution in [2.45, 2.75) is 50.9 Å². The van der Waals surface area contributed by atoms with E-state index in [4.69, 9.17) is 4.74 Å². The van der Waals surface area contributed by atoms with Gasteiger partial charge in [0.25, 0.3) is 5.56 Å². The van der Waals surface area contributed by atoms with Gasteiger partial charge in [0.2, 0.25) is 11.8 Å². The van der Waals surface area contributed by atoms with Gasteiger partial charge in [-0.15, -0.1) is 0 Å². The minimum atomic E-state index is -0.336. The number of carbonyl (C=O) groups is 2. The number of benzene rings is 1. The van der Waals surface area contributed by atoms with Gasteiger partial charge in [0.05, 0.1) is 30.6 Å². The smallest absolute Gasteiger partial charge is 0.265 e. The quantitative estimate of drug-likeness (QED) is 0.550. The van der Waals surface area contributed by atoms with Crippen LogP contribution in [0.4, 0.5) is 11.4 Å². The predicted molar refractivity (Wildman–Crippen MR) is 127 cm³/mol. The van der Waals surface area contributed by atoms with Crippen LogP contribution in [0.15, 0.2) is 34.3 Å². The third-order valence-electron chi connectivity index (χ3n) is 5.22. The van der Waals surface area contributed by atoms with Crippen LogP contribution < -0.4 is 20.9 Å². The molecule has 174 valence electrons. The lowest BCUT2D eigenvalue weighted by Gasteiger charge is -2.20. The number of fused-ring (bicyclic) bond motifs is 2. The molecule has 0 radical (unpaired) electrons. The number of rotatable bonds is 5. The van der Waals surface area contributed by atoms with Crippen LogP contribution in [0.3, 0.4) is 0 Å². The van der Waals surface area contributed by atoms with Crippen LogP contribution in [0, 0.1) is 0 Å². The van der Waals surface area contributed by atoms with E-state index < -0.39 is 0 Å². The number of nitrogens with zero attached hydrogens (tertiary/aromatic N) is 4.